The third-order valence-electron chi connectivity index (χ3n) is 3.46. The Labute approximate surface area is 134 Å². The Morgan fingerprint density at radius 3 is 2.57 bits per heavy atom. The van der Waals surface area contributed by atoms with Gasteiger partial charge in [0.05, 0.1) is 0 Å². The van der Waals surface area contributed by atoms with Gasteiger partial charge in [0, 0.05) is 30.2 Å². The number of pyridine rings is 1. The van der Waals surface area contributed by atoms with Gasteiger partial charge in [0.15, 0.2) is 0 Å². The molecule has 1 N–H and O–H groups in total. The molecule has 6 heteroatoms. The Morgan fingerprint density at radius 2 is 1.87 bits per heavy atom. The quantitative estimate of drug-likeness (QED) is 0.760. The van der Waals surface area contributed by atoms with Crippen LogP contribution in [0.15, 0.2) is 61.4 Å². The molecular weight excluding hydrogens is 290 g/mol. The fraction of sp³-hybridized carbons (Fsp3) is 0.176. The lowest BCUT2D eigenvalue weighted by atomic mass is 10.1. The molecule has 1 aromatic carbocycles. The molecule has 6 nitrogen and oxygen atoms in total. The number of hydrogen-bond donors (Lipinski definition) is 1. The topological polar surface area (TPSA) is 72.7 Å². The van der Waals surface area contributed by atoms with E-state index in [-0.39, 0.29) is 5.91 Å². The van der Waals surface area contributed by atoms with Crippen LogP contribution < -0.4 is 5.32 Å². The van der Waals surface area contributed by atoms with Gasteiger partial charge in [-0.15, -0.1) is 10.2 Å². The molecule has 0 aliphatic carbocycles. The third-order valence-corrected chi connectivity index (χ3v) is 3.46. The molecule has 3 aromatic rings. The Kier molecular flexibility index (Phi) is 4.73. The van der Waals surface area contributed by atoms with E-state index in [1.54, 1.807) is 23.4 Å². The number of nitrogens with one attached hydrogen (secondary N) is 1. The van der Waals surface area contributed by atoms with E-state index in [4.69, 9.17) is 0 Å². The molecule has 0 saturated heterocycles. The maximum atomic E-state index is 12.0. The van der Waals surface area contributed by atoms with E-state index < -0.39 is 0 Å². The Morgan fingerprint density at radius 1 is 1.09 bits per heavy atom. The number of carbonyl (C=O) groups is 1. The van der Waals surface area contributed by atoms with Gasteiger partial charge in [0.25, 0.3) is 0 Å². The number of nitrogens with zero attached hydrogens (tertiary/aromatic N) is 4. The zero-order valence-corrected chi connectivity index (χ0v) is 12.6. The molecule has 0 fully saturated rings. The lowest BCUT2D eigenvalue weighted by molar-refractivity contribution is -0.116. The number of benzene rings is 1. The van der Waals surface area contributed by atoms with Gasteiger partial charge in [-0.25, -0.2) is 0 Å². The molecule has 0 spiro atoms. The summed E-state index contributed by atoms with van der Waals surface area (Å²) in [5, 5.41) is 10.4. The van der Waals surface area contributed by atoms with E-state index in [0.717, 1.165) is 29.8 Å². The fourth-order valence-electron chi connectivity index (χ4n) is 2.27. The number of carbonyl (C=O) groups excluding carboxylic acids is 1. The Hall–Kier alpha value is -3.02. The highest BCUT2D eigenvalue weighted by Gasteiger charge is 2.03. The van der Waals surface area contributed by atoms with Crippen LogP contribution in [0.4, 0.5) is 5.69 Å². The minimum atomic E-state index is 0.0194. The molecule has 2 aromatic heterocycles. The van der Waals surface area contributed by atoms with Crippen LogP contribution in [0.1, 0.15) is 18.4 Å². The van der Waals surface area contributed by atoms with Crippen LogP contribution in [-0.4, -0.2) is 25.7 Å². The van der Waals surface area contributed by atoms with Crippen molar-refractivity contribution in [1.29, 1.82) is 0 Å². The third kappa shape index (κ3) is 4.23. The van der Waals surface area contributed by atoms with E-state index in [1.807, 2.05) is 42.6 Å². The van der Waals surface area contributed by atoms with Crippen molar-refractivity contribution >= 4 is 11.6 Å². The van der Waals surface area contributed by atoms with Crippen molar-refractivity contribution in [2.45, 2.75) is 19.3 Å². The van der Waals surface area contributed by atoms with E-state index in [9.17, 15) is 4.79 Å². The Balaban J connectivity index is 1.48. The first kappa shape index (κ1) is 14.9. The number of hydrogen-bond acceptors (Lipinski definition) is 4. The number of aryl methyl sites for hydroxylation is 1. The first-order valence-electron chi connectivity index (χ1n) is 7.45. The van der Waals surface area contributed by atoms with Crippen LogP contribution in [-0.2, 0) is 11.2 Å². The molecule has 0 bridgehead atoms. The first-order valence-corrected chi connectivity index (χ1v) is 7.45. The van der Waals surface area contributed by atoms with Crippen LogP contribution in [0.3, 0.4) is 0 Å². The highest BCUT2D eigenvalue weighted by atomic mass is 16.1. The van der Waals surface area contributed by atoms with Gasteiger partial charge in [-0.3, -0.25) is 14.3 Å². The molecule has 116 valence electrons. The van der Waals surface area contributed by atoms with E-state index in [0.29, 0.717) is 6.42 Å². The average Bonchev–Trinajstić information content (AvgIpc) is 3.11. The molecular formula is C17H17N5O. The smallest absolute Gasteiger partial charge is 0.224 e. The second-order valence-electron chi connectivity index (χ2n) is 5.18. The summed E-state index contributed by atoms with van der Waals surface area (Å²) in [5.74, 6) is 0.0194. The zero-order valence-electron chi connectivity index (χ0n) is 12.6. The maximum Gasteiger partial charge on any atom is 0.224 e. The van der Waals surface area contributed by atoms with Crippen molar-refractivity contribution in [3.63, 3.8) is 0 Å². The van der Waals surface area contributed by atoms with Gasteiger partial charge in [-0.1, -0.05) is 6.07 Å². The minimum absolute atomic E-state index is 0.0194. The number of rotatable bonds is 6. The van der Waals surface area contributed by atoms with Gasteiger partial charge < -0.3 is 5.32 Å². The lowest BCUT2D eigenvalue weighted by Gasteiger charge is -2.07. The molecule has 2 heterocycles. The predicted octanol–water partition coefficient (Wildman–Crippen LogP) is 2.62. The van der Waals surface area contributed by atoms with Crippen LogP contribution in [0, 0.1) is 0 Å². The zero-order chi connectivity index (χ0) is 15.9. The summed E-state index contributed by atoms with van der Waals surface area (Å²) >= 11 is 0. The van der Waals surface area contributed by atoms with Crippen LogP contribution in [0.5, 0.6) is 0 Å². The molecule has 0 atom stereocenters. The van der Waals surface area contributed by atoms with Gasteiger partial charge in [0.1, 0.15) is 12.7 Å². The molecule has 0 unspecified atom stereocenters. The number of amides is 1. The SMILES string of the molecule is O=C(CCCc1cccnc1)Nc1ccc(-n2cnnc2)cc1. The van der Waals surface area contributed by atoms with Crippen molar-refractivity contribution in [2.24, 2.45) is 0 Å². The standard InChI is InChI=1S/C17H17N5O/c23-17(5-1-3-14-4-2-10-18-11-14)21-15-6-8-16(9-7-15)22-12-19-20-13-22/h2,4,6-13H,1,3,5H2,(H,21,23). The highest BCUT2D eigenvalue weighted by Crippen LogP contribution is 2.13. The highest BCUT2D eigenvalue weighted by molar-refractivity contribution is 5.90. The second kappa shape index (κ2) is 7.31. The summed E-state index contributed by atoms with van der Waals surface area (Å²) < 4.78 is 1.81. The summed E-state index contributed by atoms with van der Waals surface area (Å²) in [7, 11) is 0. The molecule has 23 heavy (non-hydrogen) atoms. The molecule has 0 aliphatic rings. The lowest BCUT2D eigenvalue weighted by Crippen LogP contribution is -2.11. The predicted molar refractivity (Wildman–Crippen MR) is 87.2 cm³/mol. The molecule has 1 amide bonds. The average molecular weight is 307 g/mol. The fourth-order valence-corrected chi connectivity index (χ4v) is 2.27. The summed E-state index contributed by atoms with van der Waals surface area (Å²) in [5.41, 5.74) is 2.89. The van der Waals surface area contributed by atoms with Crippen molar-refractivity contribution in [3.05, 3.63) is 67.0 Å². The van der Waals surface area contributed by atoms with Crippen LogP contribution in [0.2, 0.25) is 0 Å². The van der Waals surface area contributed by atoms with Crippen molar-refractivity contribution in [1.82, 2.24) is 19.7 Å². The van der Waals surface area contributed by atoms with Crippen molar-refractivity contribution < 1.29 is 4.79 Å². The van der Waals surface area contributed by atoms with E-state index in [2.05, 4.69) is 20.5 Å². The summed E-state index contributed by atoms with van der Waals surface area (Å²) in [6.45, 7) is 0. The van der Waals surface area contributed by atoms with E-state index in [1.165, 1.54) is 0 Å². The number of aromatic nitrogens is 4. The Bertz CT molecular complexity index is 738. The van der Waals surface area contributed by atoms with Crippen LogP contribution in [0.25, 0.3) is 5.69 Å². The van der Waals surface area contributed by atoms with Crippen LogP contribution >= 0.6 is 0 Å². The van der Waals surface area contributed by atoms with Crippen molar-refractivity contribution in [2.75, 3.05) is 5.32 Å². The van der Waals surface area contributed by atoms with Crippen molar-refractivity contribution in [3.8, 4) is 5.69 Å². The number of anilines is 1. The van der Waals surface area contributed by atoms with Gasteiger partial charge in [-0.2, -0.15) is 0 Å². The monoisotopic (exact) mass is 307 g/mol. The first-order chi connectivity index (χ1) is 11.3. The summed E-state index contributed by atoms with van der Waals surface area (Å²) in [6, 6.07) is 11.5. The van der Waals surface area contributed by atoms with E-state index >= 15 is 0 Å². The van der Waals surface area contributed by atoms with Gasteiger partial charge in [-0.05, 0) is 48.7 Å². The normalized spacial score (nSPS) is 10.4. The largest absolute Gasteiger partial charge is 0.326 e. The molecule has 0 saturated carbocycles. The minimum Gasteiger partial charge on any atom is -0.326 e. The maximum absolute atomic E-state index is 12.0. The molecule has 0 radical (unpaired) electrons. The van der Waals surface area contributed by atoms with Gasteiger partial charge >= 0.3 is 0 Å². The molecule has 0 aliphatic heterocycles. The summed E-state index contributed by atoms with van der Waals surface area (Å²) in [4.78, 5) is 16.0. The molecule has 3 rings (SSSR count). The summed E-state index contributed by atoms with van der Waals surface area (Å²) in [6.07, 6.45) is 8.99. The van der Waals surface area contributed by atoms with Gasteiger partial charge in [0.2, 0.25) is 5.91 Å². The second-order valence-corrected chi connectivity index (χ2v) is 5.18.